The van der Waals surface area contributed by atoms with E-state index in [1.54, 1.807) is 0 Å². The third kappa shape index (κ3) is 8.34. The molecule has 0 spiro atoms. The molecule has 0 radical (unpaired) electrons. The predicted octanol–water partition coefficient (Wildman–Crippen LogP) is 9.96. The van der Waals surface area contributed by atoms with Gasteiger partial charge in [0.05, 0.1) is 0 Å². The molecule has 0 atom stereocenters. The molecule has 1 nitrogen and oxygen atoms in total. The van der Waals surface area contributed by atoms with E-state index in [9.17, 15) is 39.5 Å². The fourth-order valence-corrected chi connectivity index (χ4v) is 13.0. The van der Waals surface area contributed by atoms with Gasteiger partial charge in [-0.3, -0.25) is 0 Å². The Morgan fingerprint density at radius 1 is 0.442 bits per heavy atom. The topological polar surface area (TPSA) is 26.0 Å². The van der Waals surface area contributed by atoms with E-state index in [4.69, 9.17) is 5.73 Å². The summed E-state index contributed by atoms with van der Waals surface area (Å²) in [6, 6.07) is 13.1. The summed E-state index contributed by atoms with van der Waals surface area (Å²) in [6.07, 6.45) is -6.52. The van der Waals surface area contributed by atoms with E-state index in [1.165, 1.54) is 36.4 Å². The molecule has 0 heterocycles. The van der Waals surface area contributed by atoms with Gasteiger partial charge in [-0.05, 0) is 0 Å². The molecule has 2 N–H and O–H groups in total. The van der Waals surface area contributed by atoms with Gasteiger partial charge < -0.3 is 0 Å². The van der Waals surface area contributed by atoms with E-state index in [0.717, 1.165) is 81.3 Å². The van der Waals surface area contributed by atoms with Crippen LogP contribution in [0.3, 0.4) is 0 Å². The monoisotopic (exact) mass is 701 g/mol. The summed E-state index contributed by atoms with van der Waals surface area (Å²) in [6.45, 7) is 0.635. The zero-order valence-corrected chi connectivity index (χ0v) is 25.8. The fourth-order valence-electron chi connectivity index (χ4n) is 5.33. The van der Waals surface area contributed by atoms with Crippen LogP contribution >= 0.6 is 20.8 Å². The van der Waals surface area contributed by atoms with Crippen LogP contribution in [0.2, 0.25) is 0 Å². The van der Waals surface area contributed by atoms with E-state index in [-0.39, 0.29) is 6.16 Å². The summed E-state index contributed by atoms with van der Waals surface area (Å²) in [7, 11) is 0. The van der Waals surface area contributed by atoms with Crippen molar-refractivity contribution in [3.05, 3.63) is 89.5 Å². The summed E-state index contributed by atoms with van der Waals surface area (Å²) >= 11 is 3.93. The molecular formula is C31H34BrF9NP. The Balaban J connectivity index is 2.14. The molecule has 0 aliphatic rings. The molecule has 238 valence electrons. The van der Waals surface area contributed by atoms with Gasteiger partial charge in [0, 0.05) is 0 Å². The van der Waals surface area contributed by atoms with Gasteiger partial charge in [-0.1, -0.05) is 0 Å². The van der Waals surface area contributed by atoms with Gasteiger partial charge in [0.1, 0.15) is 0 Å². The molecule has 0 aromatic heterocycles. The first-order valence-electron chi connectivity index (χ1n) is 14.0. The molecule has 3 aromatic carbocycles. The van der Waals surface area contributed by atoms with Crippen LogP contribution in [-0.2, 0) is 18.5 Å². The van der Waals surface area contributed by atoms with E-state index >= 15 is 0 Å². The summed E-state index contributed by atoms with van der Waals surface area (Å²) < 4.78 is 121. The fraction of sp³-hybridized carbons (Fsp3) is 0.419. The first-order valence-corrected chi connectivity index (χ1v) is 18.4. The average Bonchev–Trinajstić information content (AvgIpc) is 2.95. The number of rotatable bonds is 13. The van der Waals surface area contributed by atoms with Gasteiger partial charge in [0.2, 0.25) is 0 Å². The van der Waals surface area contributed by atoms with Crippen molar-refractivity contribution in [2.24, 2.45) is 5.73 Å². The number of unbranched alkanes of at least 4 members (excludes halogenated alkanes) is 7. The maximum absolute atomic E-state index is 13.5. The predicted molar refractivity (Wildman–Crippen MR) is 160 cm³/mol. The van der Waals surface area contributed by atoms with Crippen LogP contribution in [0.15, 0.2) is 72.8 Å². The second-order valence-corrected chi connectivity index (χ2v) is 19.7. The van der Waals surface area contributed by atoms with Crippen LogP contribution in [0, 0.1) is 0 Å². The van der Waals surface area contributed by atoms with E-state index in [1.807, 2.05) is 0 Å². The molecule has 0 unspecified atom stereocenters. The first kappa shape index (κ1) is 35.4. The maximum atomic E-state index is 13.5. The van der Waals surface area contributed by atoms with E-state index in [2.05, 4.69) is 15.5 Å². The summed E-state index contributed by atoms with van der Waals surface area (Å²) in [5.74, 6) is 0. The molecule has 0 saturated carbocycles. The molecule has 0 amide bonds. The molecule has 3 aromatic rings. The van der Waals surface area contributed by atoms with Gasteiger partial charge >= 0.3 is 254 Å². The van der Waals surface area contributed by atoms with Crippen LogP contribution in [-0.4, -0.2) is 12.7 Å². The van der Waals surface area contributed by atoms with Gasteiger partial charge in [-0.25, -0.2) is 0 Å². The average molecular weight is 702 g/mol. The molecule has 0 aliphatic carbocycles. The quantitative estimate of drug-likeness (QED) is 0.107. The van der Waals surface area contributed by atoms with Crippen molar-refractivity contribution >= 4 is 36.7 Å². The first-order chi connectivity index (χ1) is 20.0. The Morgan fingerprint density at radius 2 is 0.698 bits per heavy atom. The Kier molecular flexibility index (Phi) is 11.4. The van der Waals surface area contributed by atoms with Gasteiger partial charge in [0.15, 0.2) is 0 Å². The molecule has 0 bridgehead atoms. The zero-order valence-electron chi connectivity index (χ0n) is 23.3. The third-order valence-corrected chi connectivity index (χ3v) is 17.8. The van der Waals surface area contributed by atoms with Gasteiger partial charge in [-0.2, -0.15) is 0 Å². The summed E-state index contributed by atoms with van der Waals surface area (Å²) in [4.78, 5) is 0. The Labute approximate surface area is 253 Å². The number of hydrogen-bond donors (Lipinski definition) is 1. The number of halogens is 10. The van der Waals surface area contributed by atoms with Crippen molar-refractivity contribution in [3.8, 4) is 0 Å². The molecule has 3 rings (SSSR count). The van der Waals surface area contributed by atoms with Crippen LogP contribution in [0.5, 0.6) is 0 Å². The minimum absolute atomic E-state index is 0.279. The normalized spacial score (nSPS) is 14.0. The zero-order chi connectivity index (χ0) is 32.0. The SMILES string of the molecule is NCCCCCCCCCCP(Br)(c1ccc(C(F)(F)F)cc1)(c1ccc(C(F)(F)F)cc1)c1ccc(C(F)(F)F)cc1. The molecule has 12 heteroatoms. The number of alkyl halides is 9. The van der Waals surface area contributed by atoms with Crippen molar-refractivity contribution in [3.63, 3.8) is 0 Å². The van der Waals surface area contributed by atoms with E-state index < -0.39 is 40.5 Å². The molecular weight excluding hydrogens is 668 g/mol. The molecule has 0 saturated heterocycles. The van der Waals surface area contributed by atoms with Crippen LogP contribution in [0.25, 0.3) is 0 Å². The van der Waals surface area contributed by atoms with Gasteiger partial charge in [-0.15, -0.1) is 0 Å². The summed E-state index contributed by atoms with van der Waals surface area (Å²) in [5, 5.41) is -2.96. The molecule has 43 heavy (non-hydrogen) atoms. The van der Waals surface area contributed by atoms with Crippen molar-refractivity contribution in [2.75, 3.05) is 12.7 Å². The second kappa shape index (κ2) is 13.9. The molecule has 0 aliphatic heterocycles. The standard InChI is InChI=1S/C31H34BrF9NP/c32-43(22-8-6-4-2-1-3-5-7-21-42,26-15-9-23(10-16-26)29(33,34)35,27-17-11-24(12-18-27)30(36,37)38)28-19-13-25(14-20-28)31(39,40)41/h9-20H,1-8,21-22,42H2. The third-order valence-electron chi connectivity index (χ3n) is 7.73. The van der Waals surface area contributed by atoms with Crippen LogP contribution in [0.4, 0.5) is 39.5 Å². The Bertz CT molecular complexity index is 1160. The van der Waals surface area contributed by atoms with Crippen molar-refractivity contribution < 1.29 is 39.5 Å². The van der Waals surface area contributed by atoms with Crippen molar-refractivity contribution in [1.82, 2.24) is 0 Å². The van der Waals surface area contributed by atoms with Gasteiger partial charge in [0.25, 0.3) is 0 Å². The summed E-state index contributed by atoms with van der Waals surface area (Å²) in [5.41, 5.74) is 2.79. The van der Waals surface area contributed by atoms with Crippen LogP contribution < -0.4 is 21.6 Å². The number of benzene rings is 3. The minimum atomic E-state index is -4.63. The van der Waals surface area contributed by atoms with Crippen LogP contribution in [0.1, 0.15) is 68.1 Å². The van der Waals surface area contributed by atoms with E-state index in [0.29, 0.717) is 28.9 Å². The number of nitrogens with two attached hydrogens (primary N) is 1. The van der Waals surface area contributed by atoms with Crippen molar-refractivity contribution in [1.29, 1.82) is 0 Å². The second-order valence-electron chi connectivity index (χ2n) is 10.7. The number of hydrogen-bond acceptors (Lipinski definition) is 1. The Hall–Kier alpha value is -2.10. The molecule has 0 fully saturated rings. The Morgan fingerprint density at radius 3 is 0.953 bits per heavy atom. The van der Waals surface area contributed by atoms with Crippen molar-refractivity contribution in [2.45, 2.75) is 69.9 Å².